The van der Waals surface area contributed by atoms with E-state index in [1.54, 1.807) is 6.92 Å². The highest BCUT2D eigenvalue weighted by Gasteiger charge is 2.32. The van der Waals surface area contributed by atoms with Crippen molar-refractivity contribution < 1.29 is 14.4 Å². The Kier molecular flexibility index (Phi) is 5.52. The summed E-state index contributed by atoms with van der Waals surface area (Å²) in [4.78, 5) is 34.7. The maximum Gasteiger partial charge on any atom is 0.321 e. The van der Waals surface area contributed by atoms with E-state index in [1.807, 2.05) is 30.3 Å². The van der Waals surface area contributed by atoms with Gasteiger partial charge in [0, 0.05) is 19.0 Å². The lowest BCUT2D eigenvalue weighted by molar-refractivity contribution is -0.126. The number of benzene rings is 1. The van der Waals surface area contributed by atoms with Crippen molar-refractivity contribution in [2.45, 2.75) is 32.2 Å². The maximum atomic E-state index is 11.8. The van der Waals surface area contributed by atoms with Gasteiger partial charge in [0.2, 0.25) is 11.8 Å². The lowest BCUT2D eigenvalue weighted by Crippen LogP contribution is -2.57. The second kappa shape index (κ2) is 7.59. The predicted molar refractivity (Wildman–Crippen MR) is 82.0 cm³/mol. The molecule has 2 rings (SSSR count). The first-order valence-corrected chi connectivity index (χ1v) is 7.48. The van der Waals surface area contributed by atoms with Gasteiger partial charge in [0.25, 0.3) is 0 Å². The Balaban J connectivity index is 1.69. The summed E-state index contributed by atoms with van der Waals surface area (Å²) in [5, 5.41) is 7.72. The van der Waals surface area contributed by atoms with Crippen LogP contribution in [0.3, 0.4) is 0 Å². The van der Waals surface area contributed by atoms with Crippen LogP contribution in [0.2, 0.25) is 0 Å². The highest BCUT2D eigenvalue weighted by molar-refractivity contribution is 5.98. The van der Waals surface area contributed by atoms with Crippen LogP contribution in [0.1, 0.15) is 25.3 Å². The molecule has 2 unspecified atom stereocenters. The Morgan fingerprint density at radius 3 is 2.64 bits per heavy atom. The smallest absolute Gasteiger partial charge is 0.321 e. The second-order valence-electron chi connectivity index (χ2n) is 5.48. The van der Waals surface area contributed by atoms with E-state index in [9.17, 15) is 14.4 Å². The molecule has 1 aliphatic heterocycles. The molecule has 0 bridgehead atoms. The van der Waals surface area contributed by atoms with E-state index in [0.717, 1.165) is 6.42 Å². The summed E-state index contributed by atoms with van der Waals surface area (Å²) in [6, 6.07) is 9.20. The summed E-state index contributed by atoms with van der Waals surface area (Å²) in [6.07, 6.45) is 1.47. The molecular formula is C16H21N3O3. The largest absolute Gasteiger partial charge is 0.356 e. The van der Waals surface area contributed by atoms with Crippen LogP contribution < -0.4 is 16.0 Å². The summed E-state index contributed by atoms with van der Waals surface area (Å²) < 4.78 is 0. The highest BCUT2D eigenvalue weighted by atomic mass is 16.2. The van der Waals surface area contributed by atoms with E-state index in [4.69, 9.17) is 0 Å². The molecule has 22 heavy (non-hydrogen) atoms. The Bertz CT molecular complexity index is 545. The van der Waals surface area contributed by atoms with Crippen LogP contribution >= 0.6 is 0 Å². The number of urea groups is 1. The number of hydrogen-bond donors (Lipinski definition) is 3. The molecule has 1 saturated heterocycles. The van der Waals surface area contributed by atoms with Crippen LogP contribution in [-0.2, 0) is 16.0 Å². The number of carbonyl (C=O) groups excluding carboxylic acids is 3. The number of carbonyl (C=O) groups is 3. The molecule has 1 fully saturated rings. The summed E-state index contributed by atoms with van der Waals surface area (Å²) in [6.45, 7) is 2.35. The number of rotatable bonds is 6. The fraction of sp³-hybridized carbons (Fsp3) is 0.438. The molecule has 118 valence electrons. The van der Waals surface area contributed by atoms with Crippen molar-refractivity contribution >= 4 is 17.8 Å². The predicted octanol–water partition coefficient (Wildman–Crippen LogP) is 0.970. The molecule has 1 aliphatic rings. The van der Waals surface area contributed by atoms with Crippen LogP contribution in [0.4, 0.5) is 4.79 Å². The van der Waals surface area contributed by atoms with Crippen molar-refractivity contribution in [2.24, 2.45) is 5.92 Å². The molecule has 6 heteroatoms. The molecule has 0 radical (unpaired) electrons. The zero-order valence-electron chi connectivity index (χ0n) is 12.6. The average Bonchev–Trinajstić information content (AvgIpc) is 2.47. The van der Waals surface area contributed by atoms with E-state index >= 15 is 0 Å². The highest BCUT2D eigenvalue weighted by Crippen LogP contribution is 2.14. The van der Waals surface area contributed by atoms with Gasteiger partial charge in [0.05, 0.1) is 5.92 Å². The minimum absolute atomic E-state index is 0.0761. The molecule has 4 amide bonds. The van der Waals surface area contributed by atoms with Gasteiger partial charge in [0.15, 0.2) is 0 Å². The minimum atomic E-state index is -0.471. The SMILES string of the molecule is CC1NC(=O)NC(=O)C1CCC(=O)NCCc1ccccc1. The van der Waals surface area contributed by atoms with Gasteiger partial charge in [-0.3, -0.25) is 14.9 Å². The minimum Gasteiger partial charge on any atom is -0.356 e. The first kappa shape index (κ1) is 16.0. The third-order valence-corrected chi connectivity index (χ3v) is 3.80. The van der Waals surface area contributed by atoms with Gasteiger partial charge < -0.3 is 10.6 Å². The van der Waals surface area contributed by atoms with E-state index in [0.29, 0.717) is 13.0 Å². The average molecular weight is 303 g/mol. The van der Waals surface area contributed by atoms with Gasteiger partial charge in [-0.25, -0.2) is 4.79 Å². The molecule has 1 aromatic rings. The Hall–Kier alpha value is -2.37. The van der Waals surface area contributed by atoms with Crippen LogP contribution in [0, 0.1) is 5.92 Å². The molecule has 2 atom stereocenters. The van der Waals surface area contributed by atoms with Crippen molar-refractivity contribution in [3.63, 3.8) is 0 Å². The van der Waals surface area contributed by atoms with Crippen LogP contribution in [0.25, 0.3) is 0 Å². The quantitative estimate of drug-likeness (QED) is 0.732. The summed E-state index contributed by atoms with van der Waals surface area (Å²) in [5.41, 5.74) is 1.17. The monoisotopic (exact) mass is 303 g/mol. The second-order valence-corrected chi connectivity index (χ2v) is 5.48. The van der Waals surface area contributed by atoms with Gasteiger partial charge in [-0.05, 0) is 25.3 Å². The summed E-state index contributed by atoms with van der Waals surface area (Å²) in [7, 11) is 0. The van der Waals surface area contributed by atoms with Crippen molar-refractivity contribution in [3.05, 3.63) is 35.9 Å². The van der Waals surface area contributed by atoms with Gasteiger partial charge in [-0.2, -0.15) is 0 Å². The molecule has 3 N–H and O–H groups in total. The molecule has 0 spiro atoms. The maximum absolute atomic E-state index is 11.8. The number of nitrogens with one attached hydrogen (secondary N) is 3. The van der Waals surface area contributed by atoms with E-state index in [-0.39, 0.29) is 30.2 Å². The lowest BCUT2D eigenvalue weighted by Gasteiger charge is -2.28. The zero-order chi connectivity index (χ0) is 15.9. The van der Waals surface area contributed by atoms with Gasteiger partial charge in [-0.1, -0.05) is 30.3 Å². The topological polar surface area (TPSA) is 87.3 Å². The van der Waals surface area contributed by atoms with Gasteiger partial charge in [0.1, 0.15) is 0 Å². The number of imide groups is 1. The zero-order valence-corrected chi connectivity index (χ0v) is 12.6. The molecule has 1 heterocycles. The third-order valence-electron chi connectivity index (χ3n) is 3.80. The van der Waals surface area contributed by atoms with Crippen molar-refractivity contribution in [3.8, 4) is 0 Å². The Morgan fingerprint density at radius 1 is 1.23 bits per heavy atom. The fourth-order valence-corrected chi connectivity index (χ4v) is 2.52. The van der Waals surface area contributed by atoms with Gasteiger partial charge >= 0.3 is 6.03 Å². The van der Waals surface area contributed by atoms with E-state index in [1.165, 1.54) is 5.56 Å². The van der Waals surface area contributed by atoms with Gasteiger partial charge in [-0.15, -0.1) is 0 Å². The van der Waals surface area contributed by atoms with Crippen molar-refractivity contribution in [1.82, 2.24) is 16.0 Å². The molecular weight excluding hydrogens is 282 g/mol. The normalized spacial score (nSPS) is 21.0. The molecule has 0 saturated carbocycles. The lowest BCUT2D eigenvalue weighted by atomic mass is 9.93. The first-order valence-electron chi connectivity index (χ1n) is 7.48. The molecule has 0 aliphatic carbocycles. The number of hydrogen-bond acceptors (Lipinski definition) is 3. The first-order chi connectivity index (χ1) is 10.6. The standard InChI is InChI=1S/C16H21N3O3/c1-11-13(15(21)19-16(22)18-11)7-8-14(20)17-10-9-12-5-3-2-4-6-12/h2-6,11,13H,7-10H2,1H3,(H,17,20)(H2,18,19,21,22). The molecule has 6 nitrogen and oxygen atoms in total. The van der Waals surface area contributed by atoms with E-state index in [2.05, 4.69) is 16.0 Å². The van der Waals surface area contributed by atoms with Crippen molar-refractivity contribution in [2.75, 3.05) is 6.54 Å². The van der Waals surface area contributed by atoms with Crippen LogP contribution in [0.5, 0.6) is 0 Å². The Labute approximate surface area is 129 Å². The summed E-state index contributed by atoms with van der Waals surface area (Å²) in [5.74, 6) is -0.751. The number of amides is 4. The Morgan fingerprint density at radius 2 is 1.95 bits per heavy atom. The van der Waals surface area contributed by atoms with Crippen LogP contribution in [0.15, 0.2) is 30.3 Å². The van der Waals surface area contributed by atoms with Crippen molar-refractivity contribution in [1.29, 1.82) is 0 Å². The molecule has 1 aromatic carbocycles. The summed E-state index contributed by atoms with van der Waals surface area (Å²) >= 11 is 0. The van der Waals surface area contributed by atoms with E-state index < -0.39 is 6.03 Å². The fourth-order valence-electron chi connectivity index (χ4n) is 2.52. The van der Waals surface area contributed by atoms with Crippen LogP contribution in [-0.4, -0.2) is 30.4 Å². The molecule has 0 aromatic heterocycles. The third kappa shape index (κ3) is 4.58.